The molecule has 1 saturated carbocycles. The van der Waals surface area contributed by atoms with Crippen molar-refractivity contribution in [3.05, 3.63) is 11.6 Å². The number of hydrogen-bond donors (Lipinski definition) is 0. The van der Waals surface area contributed by atoms with Crippen LogP contribution >= 0.6 is 11.6 Å². The standard InChI is InChI=1S/C11H16ClN3O2S/c12-7-10-13-14-11(15(10)8-4-5-8)9-3-1-2-6-18(9,16)17/h8-9H,1-7H2. The minimum Gasteiger partial charge on any atom is -0.310 e. The van der Waals surface area contributed by atoms with Gasteiger partial charge < -0.3 is 4.57 Å². The molecule has 0 spiro atoms. The molecule has 3 rings (SSSR count). The van der Waals surface area contributed by atoms with Gasteiger partial charge in [-0.2, -0.15) is 0 Å². The molecular weight excluding hydrogens is 274 g/mol. The van der Waals surface area contributed by atoms with E-state index in [9.17, 15) is 8.42 Å². The topological polar surface area (TPSA) is 64.8 Å². The third-order valence-corrected chi connectivity index (χ3v) is 6.10. The molecule has 2 aliphatic rings. The molecule has 1 aromatic heterocycles. The average Bonchev–Trinajstić information content (AvgIpc) is 3.09. The highest BCUT2D eigenvalue weighted by Crippen LogP contribution is 2.41. The van der Waals surface area contributed by atoms with E-state index in [2.05, 4.69) is 10.2 Å². The Labute approximate surface area is 111 Å². The number of aromatic nitrogens is 3. The molecule has 0 bridgehead atoms. The van der Waals surface area contributed by atoms with Crippen molar-refractivity contribution < 1.29 is 8.42 Å². The fourth-order valence-corrected chi connectivity index (χ4v) is 4.70. The molecule has 1 saturated heterocycles. The van der Waals surface area contributed by atoms with E-state index in [0.29, 0.717) is 24.1 Å². The highest BCUT2D eigenvalue weighted by Gasteiger charge is 2.38. The lowest BCUT2D eigenvalue weighted by atomic mass is 10.2. The van der Waals surface area contributed by atoms with E-state index in [4.69, 9.17) is 11.6 Å². The van der Waals surface area contributed by atoms with Gasteiger partial charge in [-0.05, 0) is 25.7 Å². The summed E-state index contributed by atoms with van der Waals surface area (Å²) in [5.41, 5.74) is 0. The van der Waals surface area contributed by atoms with Gasteiger partial charge in [-0.15, -0.1) is 21.8 Å². The van der Waals surface area contributed by atoms with Crippen LogP contribution in [0.15, 0.2) is 0 Å². The van der Waals surface area contributed by atoms with Crippen molar-refractivity contribution in [2.24, 2.45) is 0 Å². The van der Waals surface area contributed by atoms with Gasteiger partial charge in [-0.1, -0.05) is 6.42 Å². The second-order valence-electron chi connectivity index (χ2n) is 5.06. The van der Waals surface area contributed by atoms with Crippen LogP contribution in [0.5, 0.6) is 0 Å². The lowest BCUT2D eigenvalue weighted by Gasteiger charge is -2.22. The molecule has 7 heteroatoms. The molecule has 1 aliphatic heterocycles. The maximum absolute atomic E-state index is 12.2. The molecule has 100 valence electrons. The molecule has 5 nitrogen and oxygen atoms in total. The minimum absolute atomic E-state index is 0.269. The summed E-state index contributed by atoms with van der Waals surface area (Å²) < 4.78 is 26.3. The predicted octanol–water partition coefficient (Wildman–Crippen LogP) is 1.99. The van der Waals surface area contributed by atoms with E-state index in [1.807, 2.05) is 4.57 Å². The quantitative estimate of drug-likeness (QED) is 0.798. The first-order valence-corrected chi connectivity index (χ1v) is 8.59. The van der Waals surface area contributed by atoms with E-state index >= 15 is 0 Å². The fraction of sp³-hybridized carbons (Fsp3) is 0.818. The predicted molar refractivity (Wildman–Crippen MR) is 68.2 cm³/mol. The third kappa shape index (κ3) is 2.05. The summed E-state index contributed by atoms with van der Waals surface area (Å²) in [6.45, 7) is 0. The van der Waals surface area contributed by atoms with Gasteiger partial charge in [-0.25, -0.2) is 8.42 Å². The molecule has 1 aromatic rings. The fourth-order valence-electron chi connectivity index (χ4n) is 2.62. The summed E-state index contributed by atoms with van der Waals surface area (Å²) in [4.78, 5) is 0. The molecule has 1 atom stereocenters. The Balaban J connectivity index is 2.03. The SMILES string of the molecule is O=S1(=O)CCCCC1c1nnc(CCl)n1C1CC1. The Bertz CT molecular complexity index is 551. The second kappa shape index (κ2) is 4.49. The number of hydrogen-bond acceptors (Lipinski definition) is 4. The Morgan fingerprint density at radius 3 is 2.61 bits per heavy atom. The van der Waals surface area contributed by atoms with E-state index in [-0.39, 0.29) is 11.6 Å². The van der Waals surface area contributed by atoms with Crippen molar-refractivity contribution >= 4 is 21.4 Å². The summed E-state index contributed by atoms with van der Waals surface area (Å²) in [5.74, 6) is 1.88. The Kier molecular flexibility index (Phi) is 3.10. The maximum Gasteiger partial charge on any atom is 0.160 e. The van der Waals surface area contributed by atoms with Crippen LogP contribution in [0.2, 0.25) is 0 Å². The van der Waals surface area contributed by atoms with Crippen molar-refractivity contribution in [1.29, 1.82) is 0 Å². The number of halogens is 1. The molecule has 2 heterocycles. The first kappa shape index (κ1) is 12.4. The Morgan fingerprint density at radius 1 is 1.22 bits per heavy atom. The maximum atomic E-state index is 12.2. The average molecular weight is 290 g/mol. The van der Waals surface area contributed by atoms with Crippen LogP contribution < -0.4 is 0 Å². The van der Waals surface area contributed by atoms with Gasteiger partial charge in [0.1, 0.15) is 11.1 Å². The Morgan fingerprint density at radius 2 is 2.00 bits per heavy atom. The summed E-state index contributed by atoms with van der Waals surface area (Å²) >= 11 is 5.85. The summed E-state index contributed by atoms with van der Waals surface area (Å²) in [7, 11) is -3.07. The van der Waals surface area contributed by atoms with E-state index in [1.165, 1.54) is 0 Å². The summed E-state index contributed by atoms with van der Waals surface area (Å²) in [6, 6.07) is 0.362. The van der Waals surface area contributed by atoms with Crippen LogP contribution in [0.25, 0.3) is 0 Å². The summed E-state index contributed by atoms with van der Waals surface area (Å²) in [6.07, 6.45) is 4.51. The van der Waals surface area contributed by atoms with Gasteiger partial charge >= 0.3 is 0 Å². The molecule has 1 unspecified atom stereocenters. The second-order valence-corrected chi connectivity index (χ2v) is 7.63. The van der Waals surface area contributed by atoms with E-state index < -0.39 is 15.1 Å². The van der Waals surface area contributed by atoms with Crippen LogP contribution in [-0.2, 0) is 15.7 Å². The van der Waals surface area contributed by atoms with Crippen LogP contribution in [0.4, 0.5) is 0 Å². The summed E-state index contributed by atoms with van der Waals surface area (Å²) in [5, 5.41) is 7.69. The third-order valence-electron chi connectivity index (χ3n) is 3.69. The van der Waals surface area contributed by atoms with Crippen molar-refractivity contribution in [3.63, 3.8) is 0 Å². The largest absolute Gasteiger partial charge is 0.310 e. The lowest BCUT2D eigenvalue weighted by Crippen LogP contribution is -2.24. The van der Waals surface area contributed by atoms with Gasteiger partial charge in [0, 0.05) is 6.04 Å². The molecule has 0 N–H and O–H groups in total. The molecule has 0 aromatic carbocycles. The van der Waals surface area contributed by atoms with Crippen LogP contribution in [0, 0.1) is 0 Å². The first-order chi connectivity index (χ1) is 8.63. The normalized spacial score (nSPS) is 27.3. The zero-order chi connectivity index (χ0) is 12.8. The zero-order valence-corrected chi connectivity index (χ0v) is 11.6. The number of sulfone groups is 1. The highest BCUT2D eigenvalue weighted by molar-refractivity contribution is 7.91. The highest BCUT2D eigenvalue weighted by atomic mass is 35.5. The van der Waals surface area contributed by atoms with Crippen LogP contribution in [0.3, 0.4) is 0 Å². The van der Waals surface area contributed by atoms with Crippen LogP contribution in [0.1, 0.15) is 55.0 Å². The molecule has 2 fully saturated rings. The lowest BCUT2D eigenvalue weighted by molar-refractivity contribution is 0.524. The smallest absolute Gasteiger partial charge is 0.160 e. The minimum atomic E-state index is -3.07. The molecule has 0 amide bonds. The monoisotopic (exact) mass is 289 g/mol. The molecule has 0 radical (unpaired) electrons. The van der Waals surface area contributed by atoms with Crippen molar-refractivity contribution in [2.75, 3.05) is 5.75 Å². The number of rotatable bonds is 3. The van der Waals surface area contributed by atoms with E-state index in [1.54, 1.807) is 0 Å². The molecule has 1 aliphatic carbocycles. The van der Waals surface area contributed by atoms with Gasteiger partial charge in [0.25, 0.3) is 0 Å². The Hall–Kier alpha value is -0.620. The number of alkyl halides is 1. The van der Waals surface area contributed by atoms with Gasteiger partial charge in [-0.3, -0.25) is 0 Å². The van der Waals surface area contributed by atoms with Crippen LogP contribution in [-0.4, -0.2) is 28.9 Å². The van der Waals surface area contributed by atoms with Crippen molar-refractivity contribution in [2.45, 2.75) is 49.3 Å². The van der Waals surface area contributed by atoms with Gasteiger partial charge in [0.2, 0.25) is 0 Å². The van der Waals surface area contributed by atoms with Gasteiger partial charge in [0.15, 0.2) is 15.7 Å². The van der Waals surface area contributed by atoms with Gasteiger partial charge in [0.05, 0.1) is 11.6 Å². The molecule has 18 heavy (non-hydrogen) atoms. The number of nitrogens with zero attached hydrogens (tertiary/aromatic N) is 3. The van der Waals surface area contributed by atoms with Crippen molar-refractivity contribution in [3.8, 4) is 0 Å². The molecular formula is C11H16ClN3O2S. The van der Waals surface area contributed by atoms with E-state index in [0.717, 1.165) is 25.7 Å². The van der Waals surface area contributed by atoms with Crippen molar-refractivity contribution in [1.82, 2.24) is 14.8 Å². The zero-order valence-electron chi connectivity index (χ0n) is 10.0. The first-order valence-electron chi connectivity index (χ1n) is 6.34.